The van der Waals surface area contributed by atoms with Gasteiger partial charge in [-0.3, -0.25) is 4.79 Å². The lowest BCUT2D eigenvalue weighted by Crippen LogP contribution is -2.19. The minimum absolute atomic E-state index is 0.296. The minimum atomic E-state index is -0.296. The van der Waals surface area contributed by atoms with E-state index in [1.807, 2.05) is 19.0 Å². The van der Waals surface area contributed by atoms with Crippen LogP contribution in [0.25, 0.3) is 0 Å². The normalized spacial score (nSPS) is 10.3. The maximum Gasteiger partial charge on any atom is 0.257 e. The van der Waals surface area contributed by atoms with Crippen LogP contribution < -0.4 is 16.0 Å². The highest BCUT2D eigenvalue weighted by atomic mass is 35.5. The van der Waals surface area contributed by atoms with Crippen molar-refractivity contribution >= 4 is 46.2 Å². The molecule has 21 heavy (non-hydrogen) atoms. The molecule has 0 aliphatic rings. The number of nitrogens with two attached hydrogens (primary N) is 1. The summed E-state index contributed by atoms with van der Waals surface area (Å²) in [4.78, 5) is 14.3. The molecule has 0 atom stereocenters. The second kappa shape index (κ2) is 6.24. The quantitative estimate of drug-likeness (QED) is 0.842. The smallest absolute Gasteiger partial charge is 0.257 e. The largest absolute Gasteiger partial charge is 0.399 e. The number of nitrogen functional groups attached to an aromatic ring is 1. The van der Waals surface area contributed by atoms with Gasteiger partial charge < -0.3 is 16.0 Å². The summed E-state index contributed by atoms with van der Waals surface area (Å²) in [6.45, 7) is 0. The van der Waals surface area contributed by atoms with Crippen LogP contribution >= 0.6 is 23.2 Å². The number of hydrogen-bond acceptors (Lipinski definition) is 3. The number of rotatable bonds is 3. The molecule has 0 spiro atoms. The van der Waals surface area contributed by atoms with Crippen LogP contribution in [-0.4, -0.2) is 20.0 Å². The lowest BCUT2D eigenvalue weighted by Gasteiger charge is -2.18. The van der Waals surface area contributed by atoms with Gasteiger partial charge in [-0.2, -0.15) is 0 Å². The van der Waals surface area contributed by atoms with Gasteiger partial charge in [0.25, 0.3) is 5.91 Å². The first-order valence-corrected chi connectivity index (χ1v) is 6.97. The molecule has 0 aromatic heterocycles. The molecule has 0 heterocycles. The Hall–Kier alpha value is -1.91. The molecular weight excluding hydrogens is 309 g/mol. The molecule has 6 heteroatoms. The van der Waals surface area contributed by atoms with Gasteiger partial charge in [-0.25, -0.2) is 0 Å². The fourth-order valence-corrected chi connectivity index (χ4v) is 2.25. The van der Waals surface area contributed by atoms with Crippen molar-refractivity contribution < 1.29 is 4.79 Å². The fourth-order valence-electron chi connectivity index (χ4n) is 1.91. The van der Waals surface area contributed by atoms with E-state index < -0.39 is 0 Å². The molecular formula is C15H15Cl2N3O. The Bertz CT molecular complexity index is 687. The second-order valence-electron chi connectivity index (χ2n) is 4.75. The van der Waals surface area contributed by atoms with Crippen molar-refractivity contribution in [1.29, 1.82) is 0 Å². The Balaban J connectivity index is 2.36. The van der Waals surface area contributed by atoms with E-state index in [1.165, 1.54) is 0 Å². The van der Waals surface area contributed by atoms with Gasteiger partial charge in [0.2, 0.25) is 0 Å². The SMILES string of the molecule is CN(C)c1ccc(N)cc1C(=O)Nc1cc(Cl)ccc1Cl. The highest BCUT2D eigenvalue weighted by Gasteiger charge is 2.15. The number of halogens is 2. The molecule has 4 nitrogen and oxygen atoms in total. The first-order valence-electron chi connectivity index (χ1n) is 6.21. The van der Waals surface area contributed by atoms with E-state index in [2.05, 4.69) is 5.32 Å². The number of nitrogens with zero attached hydrogens (tertiary/aromatic N) is 1. The Morgan fingerprint density at radius 2 is 1.86 bits per heavy atom. The molecule has 2 aromatic rings. The molecule has 2 rings (SSSR count). The van der Waals surface area contributed by atoms with Gasteiger partial charge in [-0.1, -0.05) is 23.2 Å². The van der Waals surface area contributed by atoms with Gasteiger partial charge in [0.05, 0.1) is 16.3 Å². The van der Waals surface area contributed by atoms with Crippen LogP contribution in [0.1, 0.15) is 10.4 Å². The number of carbonyl (C=O) groups is 1. The number of benzene rings is 2. The van der Waals surface area contributed by atoms with E-state index in [9.17, 15) is 4.79 Å². The summed E-state index contributed by atoms with van der Waals surface area (Å²) in [6.07, 6.45) is 0. The molecule has 0 saturated heterocycles. The third kappa shape index (κ3) is 3.60. The Labute approximate surface area is 133 Å². The van der Waals surface area contributed by atoms with Gasteiger partial charge in [0.1, 0.15) is 0 Å². The number of hydrogen-bond donors (Lipinski definition) is 2. The minimum Gasteiger partial charge on any atom is -0.399 e. The zero-order valence-electron chi connectivity index (χ0n) is 11.7. The van der Waals surface area contributed by atoms with Crippen molar-refractivity contribution in [1.82, 2.24) is 0 Å². The maximum absolute atomic E-state index is 12.5. The van der Waals surface area contributed by atoms with Crippen molar-refractivity contribution in [2.75, 3.05) is 30.0 Å². The monoisotopic (exact) mass is 323 g/mol. The molecule has 110 valence electrons. The van der Waals surface area contributed by atoms with Crippen molar-refractivity contribution in [2.45, 2.75) is 0 Å². The number of carbonyl (C=O) groups excluding carboxylic acids is 1. The topological polar surface area (TPSA) is 58.4 Å². The van der Waals surface area contributed by atoms with Crippen LogP contribution in [0, 0.1) is 0 Å². The first-order chi connectivity index (χ1) is 9.88. The molecule has 0 unspecified atom stereocenters. The molecule has 0 fully saturated rings. The average Bonchev–Trinajstić information content (AvgIpc) is 2.42. The molecule has 0 radical (unpaired) electrons. The van der Waals surface area contributed by atoms with Gasteiger partial charge in [0, 0.05) is 30.5 Å². The van der Waals surface area contributed by atoms with Gasteiger partial charge in [-0.15, -0.1) is 0 Å². The lowest BCUT2D eigenvalue weighted by atomic mass is 10.1. The van der Waals surface area contributed by atoms with E-state index in [1.54, 1.807) is 36.4 Å². The predicted octanol–water partition coefficient (Wildman–Crippen LogP) is 3.89. The molecule has 0 saturated carbocycles. The molecule has 1 amide bonds. The number of nitrogens with one attached hydrogen (secondary N) is 1. The van der Waals surface area contributed by atoms with E-state index >= 15 is 0 Å². The predicted molar refractivity (Wildman–Crippen MR) is 89.6 cm³/mol. The zero-order valence-corrected chi connectivity index (χ0v) is 13.2. The molecule has 0 aliphatic heterocycles. The summed E-state index contributed by atoms with van der Waals surface area (Å²) in [5.41, 5.74) is 7.98. The zero-order chi connectivity index (χ0) is 15.6. The first kappa shape index (κ1) is 15.5. The summed E-state index contributed by atoms with van der Waals surface area (Å²) in [5, 5.41) is 3.67. The second-order valence-corrected chi connectivity index (χ2v) is 5.59. The highest BCUT2D eigenvalue weighted by Crippen LogP contribution is 2.28. The Morgan fingerprint density at radius 1 is 1.14 bits per heavy atom. The lowest BCUT2D eigenvalue weighted by molar-refractivity contribution is 0.102. The molecule has 0 bridgehead atoms. The fraction of sp³-hybridized carbons (Fsp3) is 0.133. The summed E-state index contributed by atoms with van der Waals surface area (Å²) < 4.78 is 0. The van der Waals surface area contributed by atoms with E-state index in [0.29, 0.717) is 27.0 Å². The van der Waals surface area contributed by atoms with Crippen LogP contribution in [0.5, 0.6) is 0 Å². The Kier molecular flexibility index (Phi) is 4.60. The van der Waals surface area contributed by atoms with Crippen molar-refractivity contribution in [2.24, 2.45) is 0 Å². The van der Waals surface area contributed by atoms with Crippen LogP contribution in [0.15, 0.2) is 36.4 Å². The van der Waals surface area contributed by atoms with Gasteiger partial charge >= 0.3 is 0 Å². The van der Waals surface area contributed by atoms with Crippen LogP contribution in [-0.2, 0) is 0 Å². The maximum atomic E-state index is 12.5. The van der Waals surface area contributed by atoms with Crippen molar-refractivity contribution in [3.8, 4) is 0 Å². The van der Waals surface area contributed by atoms with E-state index in [-0.39, 0.29) is 5.91 Å². The van der Waals surface area contributed by atoms with E-state index in [4.69, 9.17) is 28.9 Å². The summed E-state index contributed by atoms with van der Waals surface area (Å²) in [6, 6.07) is 10.1. The third-order valence-corrected chi connectivity index (χ3v) is 3.49. The summed E-state index contributed by atoms with van der Waals surface area (Å²) >= 11 is 12.0. The average molecular weight is 324 g/mol. The van der Waals surface area contributed by atoms with E-state index in [0.717, 1.165) is 5.69 Å². The number of anilines is 3. The standard InChI is InChI=1S/C15H15Cl2N3O/c1-20(2)14-6-4-10(18)8-11(14)15(21)19-13-7-9(16)3-5-12(13)17/h3-8H,18H2,1-2H3,(H,19,21). The summed E-state index contributed by atoms with van der Waals surface area (Å²) in [7, 11) is 3.71. The van der Waals surface area contributed by atoms with Crippen molar-refractivity contribution in [3.05, 3.63) is 52.0 Å². The molecule has 3 N–H and O–H groups in total. The third-order valence-electron chi connectivity index (χ3n) is 2.92. The van der Waals surface area contributed by atoms with Gasteiger partial charge in [0.15, 0.2) is 0 Å². The van der Waals surface area contributed by atoms with Gasteiger partial charge in [-0.05, 0) is 36.4 Å². The number of amides is 1. The Morgan fingerprint density at radius 3 is 2.52 bits per heavy atom. The molecule has 0 aliphatic carbocycles. The highest BCUT2D eigenvalue weighted by molar-refractivity contribution is 6.36. The van der Waals surface area contributed by atoms with Crippen LogP contribution in [0.2, 0.25) is 10.0 Å². The molecule has 2 aromatic carbocycles. The summed E-state index contributed by atoms with van der Waals surface area (Å²) in [5.74, 6) is -0.296. The van der Waals surface area contributed by atoms with Crippen molar-refractivity contribution in [3.63, 3.8) is 0 Å². The van der Waals surface area contributed by atoms with Crippen LogP contribution in [0.3, 0.4) is 0 Å². The van der Waals surface area contributed by atoms with Crippen LogP contribution in [0.4, 0.5) is 17.1 Å².